The molecule has 118 valence electrons. The molecule has 2 N–H and O–H groups in total. The summed E-state index contributed by atoms with van der Waals surface area (Å²) >= 11 is 0. The van der Waals surface area contributed by atoms with E-state index < -0.39 is 17.8 Å². The number of carbonyl (C=O) groups excluding carboxylic acids is 1. The third kappa shape index (κ3) is 6.14. The molecular formula is C14H18F3NO3. The molecule has 0 radical (unpaired) electrons. The van der Waals surface area contributed by atoms with Gasteiger partial charge in [-0.2, -0.15) is 13.2 Å². The van der Waals surface area contributed by atoms with Crippen molar-refractivity contribution in [2.45, 2.75) is 25.6 Å². The van der Waals surface area contributed by atoms with Crippen LogP contribution in [-0.2, 0) is 15.7 Å². The lowest BCUT2D eigenvalue weighted by Crippen LogP contribution is -2.29. The number of nitrogens with one attached hydrogen (secondary N) is 1. The quantitative estimate of drug-likeness (QED) is 0.760. The predicted molar refractivity (Wildman–Crippen MR) is 70.5 cm³/mol. The Morgan fingerprint density at radius 1 is 1.43 bits per heavy atom. The summed E-state index contributed by atoms with van der Waals surface area (Å²) in [6, 6.07) is 4.40. The number of alkyl halides is 3. The van der Waals surface area contributed by atoms with Crippen molar-refractivity contribution in [1.82, 2.24) is 5.32 Å². The van der Waals surface area contributed by atoms with Gasteiger partial charge in [-0.25, -0.2) is 0 Å². The number of benzene rings is 1. The Morgan fingerprint density at radius 3 is 2.76 bits per heavy atom. The van der Waals surface area contributed by atoms with Gasteiger partial charge in [0.25, 0.3) is 0 Å². The number of aliphatic hydroxyl groups excluding tert-OH is 1. The van der Waals surface area contributed by atoms with Crippen molar-refractivity contribution in [2.24, 2.45) is 0 Å². The summed E-state index contributed by atoms with van der Waals surface area (Å²) in [5, 5.41) is 12.3. The van der Waals surface area contributed by atoms with Crippen LogP contribution < -0.4 is 5.32 Å². The number of aliphatic hydroxyl groups is 1. The van der Waals surface area contributed by atoms with Crippen LogP contribution in [0.3, 0.4) is 0 Å². The molecule has 0 saturated carbocycles. The molecule has 7 heteroatoms. The van der Waals surface area contributed by atoms with Gasteiger partial charge < -0.3 is 15.2 Å². The summed E-state index contributed by atoms with van der Waals surface area (Å²) in [7, 11) is 0. The minimum atomic E-state index is -4.46. The normalized spacial score (nSPS) is 13.0. The Balaban J connectivity index is 2.52. The van der Waals surface area contributed by atoms with E-state index in [2.05, 4.69) is 5.32 Å². The number of rotatable bonds is 7. The zero-order chi connectivity index (χ0) is 15.9. The number of amides is 1. The first-order valence-electron chi connectivity index (χ1n) is 6.54. The number of hydrogen-bond donors (Lipinski definition) is 2. The third-order valence-corrected chi connectivity index (χ3v) is 2.77. The molecule has 0 heterocycles. The van der Waals surface area contributed by atoms with Crippen molar-refractivity contribution in [3.63, 3.8) is 0 Å². The van der Waals surface area contributed by atoms with Gasteiger partial charge in [0.05, 0.1) is 18.3 Å². The minimum absolute atomic E-state index is 0.106. The maximum atomic E-state index is 12.6. The number of halogens is 3. The van der Waals surface area contributed by atoms with E-state index in [0.29, 0.717) is 6.61 Å². The Bertz CT molecular complexity index is 463. The van der Waals surface area contributed by atoms with Gasteiger partial charge in [0.15, 0.2) is 0 Å². The van der Waals surface area contributed by atoms with E-state index in [0.717, 1.165) is 12.1 Å². The molecule has 0 aliphatic rings. The number of ether oxygens (including phenoxy) is 1. The Morgan fingerprint density at radius 2 is 2.14 bits per heavy atom. The lowest BCUT2D eigenvalue weighted by Gasteiger charge is -2.14. The summed E-state index contributed by atoms with van der Waals surface area (Å²) in [6.45, 7) is 2.42. The van der Waals surface area contributed by atoms with Gasteiger partial charge in [-0.3, -0.25) is 4.79 Å². The lowest BCUT2D eigenvalue weighted by atomic mass is 10.1. The molecule has 0 aliphatic heterocycles. The summed E-state index contributed by atoms with van der Waals surface area (Å²) in [4.78, 5) is 11.4. The van der Waals surface area contributed by atoms with E-state index >= 15 is 0 Å². The van der Waals surface area contributed by atoms with E-state index in [1.165, 1.54) is 12.1 Å². The first-order chi connectivity index (χ1) is 9.84. The highest BCUT2D eigenvalue weighted by atomic mass is 19.4. The smallest absolute Gasteiger partial charge is 0.387 e. The maximum absolute atomic E-state index is 12.6. The van der Waals surface area contributed by atoms with E-state index in [1.807, 2.05) is 0 Å². The van der Waals surface area contributed by atoms with E-state index in [4.69, 9.17) is 4.74 Å². The molecule has 0 saturated heterocycles. The van der Waals surface area contributed by atoms with Crippen LogP contribution in [0.2, 0.25) is 0 Å². The molecule has 1 unspecified atom stereocenters. The molecular weight excluding hydrogens is 287 g/mol. The Kier molecular flexibility index (Phi) is 6.64. The number of carbonyl (C=O) groups is 1. The summed E-state index contributed by atoms with van der Waals surface area (Å²) in [5.74, 6) is -0.325. The van der Waals surface area contributed by atoms with Gasteiger partial charge in [-0.15, -0.1) is 0 Å². The van der Waals surface area contributed by atoms with Gasteiger partial charge in [0.1, 0.15) is 0 Å². The molecule has 0 fully saturated rings. The van der Waals surface area contributed by atoms with Crippen LogP contribution >= 0.6 is 0 Å². The number of hydrogen-bond acceptors (Lipinski definition) is 3. The largest absolute Gasteiger partial charge is 0.416 e. The fourth-order valence-corrected chi connectivity index (χ4v) is 1.65. The topological polar surface area (TPSA) is 58.6 Å². The zero-order valence-electron chi connectivity index (χ0n) is 11.6. The van der Waals surface area contributed by atoms with E-state index in [-0.39, 0.29) is 31.0 Å². The van der Waals surface area contributed by atoms with Crippen molar-refractivity contribution in [1.29, 1.82) is 0 Å². The fourth-order valence-electron chi connectivity index (χ4n) is 1.65. The van der Waals surface area contributed by atoms with Gasteiger partial charge in [0, 0.05) is 19.6 Å². The van der Waals surface area contributed by atoms with Crippen LogP contribution in [0.15, 0.2) is 24.3 Å². The maximum Gasteiger partial charge on any atom is 0.416 e. The second-order valence-corrected chi connectivity index (χ2v) is 4.39. The van der Waals surface area contributed by atoms with Gasteiger partial charge >= 0.3 is 6.18 Å². The third-order valence-electron chi connectivity index (χ3n) is 2.77. The van der Waals surface area contributed by atoms with E-state index in [1.54, 1.807) is 6.92 Å². The molecule has 0 spiro atoms. The van der Waals surface area contributed by atoms with Crippen LogP contribution in [0.1, 0.15) is 30.6 Å². The molecule has 1 aromatic rings. The molecule has 0 aliphatic carbocycles. The van der Waals surface area contributed by atoms with Crippen LogP contribution in [0, 0.1) is 0 Å². The van der Waals surface area contributed by atoms with Gasteiger partial charge in [0.2, 0.25) is 5.91 Å². The summed E-state index contributed by atoms with van der Waals surface area (Å²) in [6.07, 6.45) is -5.51. The van der Waals surface area contributed by atoms with Crippen molar-refractivity contribution in [2.75, 3.05) is 19.8 Å². The predicted octanol–water partition coefficient (Wildman–Crippen LogP) is 2.28. The molecule has 1 rings (SSSR count). The second-order valence-electron chi connectivity index (χ2n) is 4.39. The average molecular weight is 305 g/mol. The Hall–Kier alpha value is -1.60. The molecule has 4 nitrogen and oxygen atoms in total. The average Bonchev–Trinajstić information content (AvgIpc) is 2.44. The first kappa shape index (κ1) is 17.5. The lowest BCUT2D eigenvalue weighted by molar-refractivity contribution is -0.137. The molecule has 21 heavy (non-hydrogen) atoms. The van der Waals surface area contributed by atoms with E-state index in [9.17, 15) is 23.1 Å². The summed E-state index contributed by atoms with van der Waals surface area (Å²) < 4.78 is 42.7. The van der Waals surface area contributed by atoms with Crippen LogP contribution in [0.4, 0.5) is 13.2 Å². The van der Waals surface area contributed by atoms with Gasteiger partial charge in [-0.1, -0.05) is 12.1 Å². The Labute approximate surface area is 120 Å². The summed E-state index contributed by atoms with van der Waals surface area (Å²) in [5.41, 5.74) is -0.725. The molecule has 0 aromatic heterocycles. The van der Waals surface area contributed by atoms with Crippen molar-refractivity contribution < 1.29 is 27.8 Å². The van der Waals surface area contributed by atoms with Crippen molar-refractivity contribution >= 4 is 5.91 Å². The molecule has 0 bridgehead atoms. The monoisotopic (exact) mass is 305 g/mol. The molecule has 1 amide bonds. The first-order valence-corrected chi connectivity index (χ1v) is 6.54. The molecule has 1 atom stereocenters. The standard InChI is InChI=1S/C14H18F3NO3/c1-2-21-7-6-13(20)18-9-12(19)10-4-3-5-11(8-10)14(15,16)17/h3-5,8,12,19H,2,6-7,9H2,1H3,(H,18,20). The zero-order valence-corrected chi connectivity index (χ0v) is 11.6. The molecule has 1 aromatic carbocycles. The van der Waals surface area contributed by atoms with Crippen molar-refractivity contribution in [3.8, 4) is 0 Å². The van der Waals surface area contributed by atoms with Gasteiger partial charge in [-0.05, 0) is 24.6 Å². The van der Waals surface area contributed by atoms with Crippen LogP contribution in [0.5, 0.6) is 0 Å². The van der Waals surface area contributed by atoms with Crippen LogP contribution in [0.25, 0.3) is 0 Å². The van der Waals surface area contributed by atoms with Crippen LogP contribution in [-0.4, -0.2) is 30.8 Å². The van der Waals surface area contributed by atoms with Crippen molar-refractivity contribution in [3.05, 3.63) is 35.4 Å². The second kappa shape index (κ2) is 7.99. The minimum Gasteiger partial charge on any atom is -0.387 e. The highest BCUT2D eigenvalue weighted by molar-refractivity contribution is 5.75. The SMILES string of the molecule is CCOCCC(=O)NCC(O)c1cccc(C(F)(F)F)c1. The fraction of sp³-hybridized carbons (Fsp3) is 0.500. The highest BCUT2D eigenvalue weighted by Crippen LogP contribution is 2.30. The highest BCUT2D eigenvalue weighted by Gasteiger charge is 2.30.